The van der Waals surface area contributed by atoms with Crippen molar-refractivity contribution in [1.82, 2.24) is 4.98 Å². The third-order valence-corrected chi connectivity index (χ3v) is 5.71. The van der Waals surface area contributed by atoms with Crippen molar-refractivity contribution in [2.24, 2.45) is 0 Å². The Kier molecular flexibility index (Phi) is 4.99. The van der Waals surface area contributed by atoms with Gasteiger partial charge in [0.15, 0.2) is 17.3 Å². The number of nitrogens with zero attached hydrogens (tertiary/aromatic N) is 1. The maximum Gasteiger partial charge on any atom is 0.231 e. The third kappa shape index (κ3) is 3.47. The zero-order valence-corrected chi connectivity index (χ0v) is 18.0. The van der Waals surface area contributed by atoms with Crippen molar-refractivity contribution in [3.8, 4) is 23.0 Å². The van der Waals surface area contributed by atoms with Gasteiger partial charge in [0.1, 0.15) is 24.7 Å². The molecule has 168 valence electrons. The predicted molar refractivity (Wildman–Crippen MR) is 123 cm³/mol. The van der Waals surface area contributed by atoms with Crippen molar-refractivity contribution in [2.45, 2.75) is 0 Å². The van der Waals surface area contributed by atoms with Crippen LogP contribution in [0.5, 0.6) is 23.0 Å². The molecule has 4 aromatic rings. The summed E-state index contributed by atoms with van der Waals surface area (Å²) in [4.78, 5) is 17.6. The topological polar surface area (TPSA) is 80.0 Å². The van der Waals surface area contributed by atoms with Crippen LogP contribution in [0.15, 0.2) is 83.9 Å². The monoisotopic (exact) mass is 453 g/mol. The van der Waals surface area contributed by atoms with E-state index in [1.165, 1.54) is 0 Å². The number of furan rings is 1. The molecule has 3 heterocycles. The summed E-state index contributed by atoms with van der Waals surface area (Å²) < 4.78 is 28.0. The Morgan fingerprint density at radius 1 is 0.882 bits per heavy atom. The number of Topliss-reactive ketones (excluding diaryl/α,β-unsaturated/α-hetero) is 1. The van der Waals surface area contributed by atoms with Gasteiger partial charge in [-0.15, -0.1) is 0 Å². The van der Waals surface area contributed by atoms with Gasteiger partial charge in [-0.3, -0.25) is 9.78 Å². The molecule has 7 heteroatoms. The van der Waals surface area contributed by atoms with Gasteiger partial charge < -0.3 is 23.4 Å². The normalized spacial score (nSPS) is 13.8. The number of pyridine rings is 1. The van der Waals surface area contributed by atoms with Crippen molar-refractivity contribution in [3.05, 3.63) is 102 Å². The fourth-order valence-corrected chi connectivity index (χ4v) is 4.23. The predicted octanol–water partition coefficient (Wildman–Crippen LogP) is 5.02. The van der Waals surface area contributed by atoms with Crippen molar-refractivity contribution in [1.29, 1.82) is 0 Å². The lowest BCUT2D eigenvalue weighted by Crippen LogP contribution is -2.10. The highest BCUT2D eigenvalue weighted by Gasteiger charge is 2.34. The van der Waals surface area contributed by atoms with Gasteiger partial charge >= 0.3 is 0 Å². The first-order valence-electron chi connectivity index (χ1n) is 10.8. The molecule has 0 N–H and O–H groups in total. The second-order valence-electron chi connectivity index (χ2n) is 7.72. The maximum absolute atomic E-state index is 13.4. The van der Waals surface area contributed by atoms with Crippen molar-refractivity contribution < 1.29 is 28.2 Å². The molecule has 0 saturated heterocycles. The van der Waals surface area contributed by atoms with Gasteiger partial charge in [-0.2, -0.15) is 0 Å². The van der Waals surface area contributed by atoms with Gasteiger partial charge in [-0.25, -0.2) is 0 Å². The molecule has 6 rings (SSSR count). The second kappa shape index (κ2) is 8.44. The average Bonchev–Trinajstić information content (AvgIpc) is 3.62. The number of allylic oxidation sites excluding steroid dienone is 1. The van der Waals surface area contributed by atoms with E-state index < -0.39 is 0 Å². The molecule has 0 radical (unpaired) electrons. The number of ether oxygens (including phenoxy) is 4. The third-order valence-electron chi connectivity index (χ3n) is 5.71. The molecule has 2 aliphatic rings. The highest BCUT2D eigenvalue weighted by molar-refractivity contribution is 6.41. The Morgan fingerprint density at radius 3 is 2.65 bits per heavy atom. The number of ketones is 1. The molecule has 0 spiro atoms. The molecule has 0 unspecified atom stereocenters. The van der Waals surface area contributed by atoms with Crippen molar-refractivity contribution in [2.75, 3.05) is 20.0 Å². The van der Waals surface area contributed by atoms with Crippen LogP contribution >= 0.6 is 0 Å². The first kappa shape index (κ1) is 20.1. The number of aromatic nitrogens is 1. The van der Waals surface area contributed by atoms with Gasteiger partial charge in [0.25, 0.3) is 0 Å². The van der Waals surface area contributed by atoms with E-state index in [1.54, 1.807) is 31.0 Å². The second-order valence-corrected chi connectivity index (χ2v) is 7.72. The van der Waals surface area contributed by atoms with Gasteiger partial charge in [-0.1, -0.05) is 18.2 Å². The molecule has 0 amide bonds. The molecule has 2 aromatic heterocycles. The van der Waals surface area contributed by atoms with E-state index in [0.29, 0.717) is 47.3 Å². The Morgan fingerprint density at radius 2 is 1.79 bits per heavy atom. The number of rotatable bonds is 7. The van der Waals surface area contributed by atoms with E-state index in [0.717, 1.165) is 22.3 Å². The standard InChI is InChI=1S/C27H19NO6/c29-27-20-4-1-5-22(32-12-11-31-19-6-7-21-23(13-19)34-16-33-21)26(20)24(18-8-10-30-15-18)25(27)17-3-2-9-28-14-17/h1-10,13-15H,11-12,16H2. The molecule has 0 saturated carbocycles. The van der Waals surface area contributed by atoms with Crippen molar-refractivity contribution >= 4 is 16.9 Å². The van der Waals surface area contributed by atoms with Gasteiger partial charge in [0, 0.05) is 51.9 Å². The Labute approximate surface area is 195 Å². The van der Waals surface area contributed by atoms with Crippen LogP contribution in [0.4, 0.5) is 0 Å². The van der Waals surface area contributed by atoms with Gasteiger partial charge in [0.05, 0.1) is 12.5 Å². The molecule has 2 aromatic carbocycles. The van der Waals surface area contributed by atoms with Crippen LogP contribution in [0.2, 0.25) is 0 Å². The minimum Gasteiger partial charge on any atom is -0.490 e. The minimum atomic E-state index is -0.0683. The number of carbonyl (C=O) groups excluding carboxylic acids is 1. The zero-order valence-electron chi connectivity index (χ0n) is 18.0. The quantitative estimate of drug-likeness (QED) is 0.364. The molecule has 7 nitrogen and oxygen atoms in total. The molecule has 0 atom stereocenters. The van der Waals surface area contributed by atoms with Gasteiger partial charge in [0.2, 0.25) is 6.79 Å². The van der Waals surface area contributed by atoms with Crippen LogP contribution in [-0.4, -0.2) is 30.8 Å². The van der Waals surface area contributed by atoms with E-state index in [2.05, 4.69) is 4.98 Å². The summed E-state index contributed by atoms with van der Waals surface area (Å²) in [6.45, 7) is 0.824. The maximum atomic E-state index is 13.4. The Balaban J connectivity index is 1.28. The average molecular weight is 453 g/mol. The fraction of sp³-hybridized carbons (Fsp3) is 0.111. The summed E-state index contributed by atoms with van der Waals surface area (Å²) in [6.07, 6.45) is 6.60. The van der Waals surface area contributed by atoms with Gasteiger partial charge in [-0.05, 0) is 30.3 Å². The lowest BCUT2D eigenvalue weighted by Gasteiger charge is -2.13. The van der Waals surface area contributed by atoms with E-state index in [1.807, 2.05) is 48.5 Å². The van der Waals surface area contributed by atoms with Crippen LogP contribution in [0.3, 0.4) is 0 Å². The van der Waals surface area contributed by atoms with Crippen LogP contribution in [-0.2, 0) is 0 Å². The molecular weight excluding hydrogens is 434 g/mol. The number of hydrogen-bond donors (Lipinski definition) is 0. The fourth-order valence-electron chi connectivity index (χ4n) is 4.23. The summed E-state index contributed by atoms with van der Waals surface area (Å²) in [5, 5.41) is 0. The summed E-state index contributed by atoms with van der Waals surface area (Å²) in [6, 6.07) is 16.5. The Bertz CT molecular complexity index is 1390. The van der Waals surface area contributed by atoms with Crippen LogP contribution in [0.1, 0.15) is 27.0 Å². The lowest BCUT2D eigenvalue weighted by molar-refractivity contribution is 0.105. The number of fused-ring (bicyclic) bond motifs is 2. The van der Waals surface area contributed by atoms with Crippen LogP contribution in [0.25, 0.3) is 11.1 Å². The molecule has 1 aliphatic carbocycles. The number of carbonyl (C=O) groups is 1. The van der Waals surface area contributed by atoms with Crippen LogP contribution in [0, 0.1) is 0 Å². The highest BCUT2D eigenvalue weighted by atomic mass is 16.7. The highest BCUT2D eigenvalue weighted by Crippen LogP contribution is 2.46. The zero-order chi connectivity index (χ0) is 22.9. The lowest BCUT2D eigenvalue weighted by atomic mass is 9.96. The molecule has 1 aliphatic heterocycles. The minimum absolute atomic E-state index is 0.0683. The molecule has 0 fully saturated rings. The van der Waals surface area contributed by atoms with E-state index in [-0.39, 0.29) is 12.6 Å². The summed E-state index contributed by atoms with van der Waals surface area (Å²) >= 11 is 0. The summed E-state index contributed by atoms with van der Waals surface area (Å²) in [5.41, 5.74) is 4.24. The molecular formula is C27H19NO6. The summed E-state index contributed by atoms with van der Waals surface area (Å²) in [7, 11) is 0. The van der Waals surface area contributed by atoms with Crippen LogP contribution < -0.4 is 18.9 Å². The first-order chi connectivity index (χ1) is 16.8. The largest absolute Gasteiger partial charge is 0.490 e. The SMILES string of the molecule is O=C1C(c2cccnc2)=C(c2ccoc2)c2c(OCCOc3ccc4c(c3)OCO4)cccc21. The van der Waals surface area contributed by atoms with Crippen molar-refractivity contribution in [3.63, 3.8) is 0 Å². The van der Waals surface area contributed by atoms with E-state index >= 15 is 0 Å². The number of hydrogen-bond acceptors (Lipinski definition) is 7. The Hall–Kier alpha value is -4.52. The summed E-state index contributed by atoms with van der Waals surface area (Å²) in [5.74, 6) is 2.57. The first-order valence-corrected chi connectivity index (χ1v) is 10.8. The van der Waals surface area contributed by atoms with E-state index in [4.69, 9.17) is 23.4 Å². The molecule has 0 bridgehead atoms. The molecule has 34 heavy (non-hydrogen) atoms. The van der Waals surface area contributed by atoms with E-state index in [9.17, 15) is 4.79 Å². The smallest absolute Gasteiger partial charge is 0.231 e. The number of benzene rings is 2.